The Hall–Kier alpha value is -1.20. The summed E-state index contributed by atoms with van der Waals surface area (Å²) < 4.78 is 5.79. The minimum absolute atomic E-state index is 0.0972. The minimum Gasteiger partial charge on any atom is -0.444 e. The lowest BCUT2D eigenvalue weighted by Gasteiger charge is -2.41. The number of nitrogens with one attached hydrogen (secondary N) is 2. The Morgan fingerprint density at radius 1 is 1.29 bits per heavy atom. The number of hydrogen-bond acceptors (Lipinski definition) is 4. The fraction of sp³-hybridized carbons (Fsp3) is 0.632. The number of carbonyl (C=O) groups excluding carboxylic acids is 1. The van der Waals surface area contributed by atoms with Gasteiger partial charge in [0.2, 0.25) is 0 Å². The van der Waals surface area contributed by atoms with E-state index in [4.69, 9.17) is 4.74 Å². The first-order valence-corrected chi connectivity index (χ1v) is 9.86. The van der Waals surface area contributed by atoms with Crippen LogP contribution in [0.4, 0.5) is 4.79 Å². The van der Waals surface area contributed by atoms with Crippen molar-refractivity contribution in [3.8, 4) is 0 Å². The highest BCUT2D eigenvalue weighted by molar-refractivity contribution is 8.00. The van der Waals surface area contributed by atoms with Crippen molar-refractivity contribution in [3.05, 3.63) is 35.9 Å². The largest absolute Gasteiger partial charge is 0.444 e. The molecule has 0 aliphatic heterocycles. The van der Waals surface area contributed by atoms with Gasteiger partial charge in [0, 0.05) is 17.8 Å². The van der Waals surface area contributed by atoms with E-state index in [1.165, 1.54) is 19.3 Å². The second kappa shape index (κ2) is 8.26. The minimum atomic E-state index is -0.492. The van der Waals surface area contributed by atoms with Crippen molar-refractivity contribution in [2.24, 2.45) is 0 Å². The van der Waals surface area contributed by atoms with Gasteiger partial charge in [-0.05, 0) is 45.4 Å². The summed E-state index contributed by atoms with van der Waals surface area (Å²) in [6.07, 6.45) is 5.68. The highest BCUT2D eigenvalue weighted by atomic mass is 32.2. The van der Waals surface area contributed by atoms with Crippen molar-refractivity contribution in [2.75, 3.05) is 19.3 Å². The SMILES string of the molecule is CSC1(CNCC(NC(=O)OC(C)(C)C)c2ccccc2)CCC1. The Labute approximate surface area is 150 Å². The number of benzene rings is 1. The van der Waals surface area contributed by atoms with Gasteiger partial charge in [-0.3, -0.25) is 0 Å². The Morgan fingerprint density at radius 3 is 2.46 bits per heavy atom. The van der Waals surface area contributed by atoms with E-state index in [0.717, 1.165) is 12.1 Å². The molecule has 0 saturated heterocycles. The highest BCUT2D eigenvalue weighted by Crippen LogP contribution is 2.42. The molecule has 0 radical (unpaired) electrons. The molecular formula is C19H30N2O2S. The molecule has 134 valence electrons. The van der Waals surface area contributed by atoms with Crippen LogP contribution in [0.25, 0.3) is 0 Å². The fourth-order valence-electron chi connectivity index (χ4n) is 2.86. The summed E-state index contributed by atoms with van der Waals surface area (Å²) in [4.78, 5) is 12.2. The van der Waals surface area contributed by atoms with E-state index < -0.39 is 5.60 Å². The van der Waals surface area contributed by atoms with Gasteiger partial charge < -0.3 is 15.4 Å². The molecule has 4 nitrogen and oxygen atoms in total. The van der Waals surface area contributed by atoms with Crippen molar-refractivity contribution in [2.45, 2.75) is 56.4 Å². The maximum Gasteiger partial charge on any atom is 0.408 e. The van der Waals surface area contributed by atoms with Gasteiger partial charge in [-0.2, -0.15) is 11.8 Å². The van der Waals surface area contributed by atoms with Gasteiger partial charge in [0.05, 0.1) is 6.04 Å². The molecule has 2 rings (SSSR count). The topological polar surface area (TPSA) is 50.4 Å². The van der Waals surface area contributed by atoms with Crippen molar-refractivity contribution < 1.29 is 9.53 Å². The summed E-state index contributed by atoms with van der Waals surface area (Å²) in [5, 5.41) is 6.55. The Bertz CT molecular complexity index is 518. The van der Waals surface area contributed by atoms with Crippen LogP contribution in [0.15, 0.2) is 30.3 Å². The second-order valence-corrected chi connectivity index (χ2v) is 8.76. The third kappa shape index (κ3) is 5.71. The van der Waals surface area contributed by atoms with Crippen molar-refractivity contribution in [1.82, 2.24) is 10.6 Å². The number of carbonyl (C=O) groups is 1. The van der Waals surface area contributed by atoms with Crippen LogP contribution in [-0.4, -0.2) is 35.8 Å². The maximum atomic E-state index is 12.2. The zero-order chi connectivity index (χ0) is 17.6. The van der Waals surface area contributed by atoms with Gasteiger partial charge in [0.15, 0.2) is 0 Å². The molecule has 2 N–H and O–H groups in total. The summed E-state index contributed by atoms with van der Waals surface area (Å²) in [6, 6.07) is 9.95. The van der Waals surface area contributed by atoms with Gasteiger partial charge in [-0.15, -0.1) is 0 Å². The molecule has 1 aliphatic rings. The zero-order valence-corrected chi connectivity index (χ0v) is 16.0. The van der Waals surface area contributed by atoms with Crippen LogP contribution in [0.2, 0.25) is 0 Å². The lowest BCUT2D eigenvalue weighted by atomic mass is 9.84. The summed E-state index contributed by atoms with van der Waals surface area (Å²) in [5.41, 5.74) is 0.593. The average Bonchev–Trinajstić information content (AvgIpc) is 2.48. The first-order valence-electron chi connectivity index (χ1n) is 8.64. The van der Waals surface area contributed by atoms with Crippen molar-refractivity contribution in [1.29, 1.82) is 0 Å². The maximum absolute atomic E-state index is 12.2. The Morgan fingerprint density at radius 2 is 1.96 bits per heavy atom. The van der Waals surface area contributed by atoms with Crippen LogP contribution >= 0.6 is 11.8 Å². The second-order valence-electron chi connectivity index (χ2n) is 7.48. The van der Waals surface area contributed by atoms with Gasteiger partial charge in [-0.25, -0.2) is 4.79 Å². The molecule has 1 atom stereocenters. The first-order chi connectivity index (χ1) is 11.3. The van der Waals surface area contributed by atoms with Crippen LogP contribution < -0.4 is 10.6 Å². The fourth-order valence-corrected chi connectivity index (χ4v) is 3.80. The van der Waals surface area contributed by atoms with E-state index in [1.807, 2.05) is 62.9 Å². The molecule has 1 aromatic rings. The zero-order valence-electron chi connectivity index (χ0n) is 15.2. The average molecular weight is 351 g/mol. The van der Waals surface area contributed by atoms with Crippen LogP contribution in [0, 0.1) is 0 Å². The molecule has 5 heteroatoms. The van der Waals surface area contributed by atoms with Crippen LogP contribution in [-0.2, 0) is 4.74 Å². The predicted octanol–water partition coefficient (Wildman–Crippen LogP) is 4.13. The molecule has 1 amide bonds. The lowest BCUT2D eigenvalue weighted by molar-refractivity contribution is 0.0503. The molecule has 0 bridgehead atoms. The monoisotopic (exact) mass is 350 g/mol. The summed E-state index contributed by atoms with van der Waals surface area (Å²) in [5.74, 6) is 0. The smallest absolute Gasteiger partial charge is 0.408 e. The van der Waals surface area contributed by atoms with Crippen molar-refractivity contribution >= 4 is 17.9 Å². The van der Waals surface area contributed by atoms with E-state index in [0.29, 0.717) is 11.3 Å². The number of amides is 1. The molecule has 0 heterocycles. The first kappa shape index (κ1) is 19.1. The molecule has 1 aliphatic carbocycles. The third-order valence-electron chi connectivity index (χ3n) is 4.39. The van der Waals surface area contributed by atoms with Gasteiger partial charge in [-0.1, -0.05) is 36.8 Å². The van der Waals surface area contributed by atoms with E-state index in [1.54, 1.807) is 0 Å². The molecule has 0 aromatic heterocycles. The highest BCUT2D eigenvalue weighted by Gasteiger charge is 2.35. The molecule has 1 saturated carbocycles. The number of thioether (sulfide) groups is 1. The van der Waals surface area contributed by atoms with Crippen LogP contribution in [0.1, 0.15) is 51.6 Å². The molecule has 24 heavy (non-hydrogen) atoms. The van der Waals surface area contributed by atoms with E-state index in [-0.39, 0.29) is 12.1 Å². The van der Waals surface area contributed by atoms with E-state index in [9.17, 15) is 4.79 Å². The summed E-state index contributed by atoms with van der Waals surface area (Å²) in [7, 11) is 0. The van der Waals surface area contributed by atoms with Gasteiger partial charge in [0.1, 0.15) is 5.60 Å². The molecule has 1 aromatic carbocycles. The molecule has 1 unspecified atom stereocenters. The quantitative estimate of drug-likeness (QED) is 0.776. The molecule has 0 spiro atoms. The van der Waals surface area contributed by atoms with Gasteiger partial charge >= 0.3 is 6.09 Å². The number of ether oxygens (including phenoxy) is 1. The lowest BCUT2D eigenvalue weighted by Crippen LogP contribution is -2.46. The predicted molar refractivity (Wildman–Crippen MR) is 102 cm³/mol. The normalized spacial score (nSPS) is 17.7. The molecule has 1 fully saturated rings. The number of hydrogen-bond donors (Lipinski definition) is 2. The van der Waals surface area contributed by atoms with Crippen LogP contribution in [0.5, 0.6) is 0 Å². The Balaban J connectivity index is 1.94. The van der Waals surface area contributed by atoms with Gasteiger partial charge in [0.25, 0.3) is 0 Å². The number of rotatable bonds is 7. The third-order valence-corrected chi connectivity index (χ3v) is 5.80. The summed E-state index contributed by atoms with van der Waals surface area (Å²) in [6.45, 7) is 7.31. The van der Waals surface area contributed by atoms with Crippen LogP contribution in [0.3, 0.4) is 0 Å². The number of alkyl carbamates (subject to hydrolysis) is 1. The van der Waals surface area contributed by atoms with Crippen molar-refractivity contribution in [3.63, 3.8) is 0 Å². The summed E-state index contributed by atoms with van der Waals surface area (Å²) >= 11 is 1.95. The molecular weight excluding hydrogens is 320 g/mol. The Kier molecular flexibility index (Phi) is 6.58. The van der Waals surface area contributed by atoms with E-state index >= 15 is 0 Å². The van der Waals surface area contributed by atoms with E-state index in [2.05, 4.69) is 16.9 Å². The standard InChI is InChI=1S/C19H30N2O2S/c1-18(2,3)23-17(22)21-16(15-9-6-5-7-10-15)13-20-14-19(24-4)11-8-12-19/h5-7,9-10,16,20H,8,11-14H2,1-4H3,(H,21,22).